The number of hydrogen-bond acceptors (Lipinski definition) is 5. The van der Waals surface area contributed by atoms with Crippen LogP contribution in [0, 0.1) is 6.92 Å². The molecular weight excluding hydrogens is 599 g/mol. The zero-order chi connectivity index (χ0) is 31.2. The molecule has 2 heterocycles. The zero-order valence-corrected chi connectivity index (χ0v) is 25.9. The van der Waals surface area contributed by atoms with Crippen LogP contribution >= 0.6 is 23.2 Å². The molecule has 44 heavy (non-hydrogen) atoms. The highest BCUT2D eigenvalue weighted by Crippen LogP contribution is 2.35. The Hall–Kier alpha value is -4.79. The number of carbonyl (C=O) groups is 2. The Morgan fingerprint density at radius 2 is 1.80 bits per heavy atom. The van der Waals surface area contributed by atoms with Crippen LogP contribution in [0.15, 0.2) is 85.1 Å². The molecule has 2 amide bonds. The van der Waals surface area contributed by atoms with Crippen LogP contribution in [-0.2, 0) is 17.9 Å². The highest BCUT2D eigenvalue weighted by Gasteiger charge is 2.16. The smallest absolute Gasteiger partial charge is 0.251 e. The third-order valence-electron chi connectivity index (χ3n) is 7.01. The van der Waals surface area contributed by atoms with E-state index in [0.717, 1.165) is 28.1 Å². The van der Waals surface area contributed by atoms with Crippen molar-refractivity contribution in [2.24, 2.45) is 0 Å². The second-order valence-electron chi connectivity index (χ2n) is 9.89. The summed E-state index contributed by atoms with van der Waals surface area (Å²) in [5.41, 5.74) is 4.98. The molecule has 3 aromatic carbocycles. The van der Waals surface area contributed by atoms with E-state index in [9.17, 15) is 9.59 Å². The fourth-order valence-electron chi connectivity index (χ4n) is 4.75. The molecule has 0 aliphatic heterocycles. The van der Waals surface area contributed by atoms with E-state index in [2.05, 4.69) is 15.6 Å². The van der Waals surface area contributed by atoms with E-state index in [4.69, 9.17) is 32.7 Å². The summed E-state index contributed by atoms with van der Waals surface area (Å²) in [7, 11) is 3.20. The molecule has 10 heteroatoms. The van der Waals surface area contributed by atoms with Gasteiger partial charge in [-0.25, -0.2) is 4.98 Å². The van der Waals surface area contributed by atoms with E-state index in [1.54, 1.807) is 50.6 Å². The topological polar surface area (TPSA) is 94.5 Å². The second-order valence-corrected chi connectivity index (χ2v) is 10.7. The molecule has 5 rings (SSSR count). The van der Waals surface area contributed by atoms with E-state index < -0.39 is 0 Å². The first-order valence-electron chi connectivity index (χ1n) is 13.8. The van der Waals surface area contributed by atoms with E-state index in [1.807, 2.05) is 60.2 Å². The average Bonchev–Trinajstić information content (AvgIpc) is 3.50. The van der Waals surface area contributed by atoms with Crippen molar-refractivity contribution in [3.8, 4) is 17.2 Å². The molecule has 0 aliphatic rings. The Bertz CT molecular complexity index is 1870. The normalized spacial score (nSPS) is 11.1. The monoisotopic (exact) mass is 628 g/mol. The molecule has 0 radical (unpaired) electrons. The number of pyridine rings is 1. The van der Waals surface area contributed by atoms with E-state index >= 15 is 0 Å². The standard InChI is InChI=1S/C34H30Cl2N4O4/c1-21-18-30(43-3)25-7-4-8-29(33(25)39-21)44-20-26-27(35)14-15-28(32(26)36)40-17-5-6-24(40)19-38-31(41)16-11-22-9-12-23(13-10-22)34(42)37-2/h4-18H,19-20H2,1-3H3,(H,37,42)(H,38,41)/b16-11+. The maximum absolute atomic E-state index is 12.6. The second kappa shape index (κ2) is 13.7. The first kappa shape index (κ1) is 30.7. The summed E-state index contributed by atoms with van der Waals surface area (Å²) < 4.78 is 13.6. The van der Waals surface area contributed by atoms with E-state index in [1.165, 1.54) is 6.08 Å². The fraction of sp³-hybridized carbons (Fsp3) is 0.147. The molecule has 0 aliphatic carbocycles. The molecule has 0 atom stereocenters. The summed E-state index contributed by atoms with van der Waals surface area (Å²) in [5.74, 6) is 0.872. The number of hydrogen-bond donors (Lipinski definition) is 2. The van der Waals surface area contributed by atoms with Gasteiger partial charge in [0.25, 0.3) is 5.91 Å². The predicted octanol–water partition coefficient (Wildman–Crippen LogP) is 6.92. The van der Waals surface area contributed by atoms with Crippen molar-refractivity contribution in [2.75, 3.05) is 14.2 Å². The summed E-state index contributed by atoms with van der Waals surface area (Å²) in [5, 5.41) is 7.23. The number of fused-ring (bicyclic) bond motifs is 1. The number of aryl methyl sites for hydroxylation is 1. The van der Waals surface area contributed by atoms with Gasteiger partial charge in [0.15, 0.2) is 0 Å². The molecule has 0 unspecified atom stereocenters. The minimum Gasteiger partial charge on any atom is -0.496 e. The van der Waals surface area contributed by atoms with E-state index in [0.29, 0.717) is 38.1 Å². The fourth-order valence-corrected chi connectivity index (χ4v) is 5.32. The number of carbonyl (C=O) groups excluding carboxylic acids is 2. The van der Waals surface area contributed by atoms with Gasteiger partial charge in [0.2, 0.25) is 5.91 Å². The molecule has 0 bridgehead atoms. The predicted molar refractivity (Wildman–Crippen MR) is 174 cm³/mol. The largest absolute Gasteiger partial charge is 0.496 e. The first-order valence-corrected chi connectivity index (χ1v) is 14.5. The van der Waals surface area contributed by atoms with Gasteiger partial charge in [-0.2, -0.15) is 0 Å². The number of ether oxygens (including phenoxy) is 2. The molecule has 2 aromatic heterocycles. The zero-order valence-electron chi connectivity index (χ0n) is 24.4. The van der Waals surface area contributed by atoms with Crippen molar-refractivity contribution in [2.45, 2.75) is 20.1 Å². The lowest BCUT2D eigenvalue weighted by Gasteiger charge is -2.17. The third-order valence-corrected chi connectivity index (χ3v) is 7.79. The van der Waals surface area contributed by atoms with Crippen LogP contribution in [0.1, 0.15) is 32.9 Å². The lowest BCUT2D eigenvalue weighted by atomic mass is 10.1. The number of nitrogens with zero attached hydrogens (tertiary/aromatic N) is 2. The number of para-hydroxylation sites is 1. The maximum Gasteiger partial charge on any atom is 0.251 e. The summed E-state index contributed by atoms with van der Waals surface area (Å²) >= 11 is 13.5. The number of methoxy groups -OCH3 is 1. The molecule has 0 spiro atoms. The number of benzene rings is 3. The third kappa shape index (κ3) is 6.72. The van der Waals surface area contributed by atoms with E-state index in [-0.39, 0.29) is 25.0 Å². The van der Waals surface area contributed by atoms with Gasteiger partial charge in [-0.15, -0.1) is 0 Å². The lowest BCUT2D eigenvalue weighted by Crippen LogP contribution is -2.21. The molecular formula is C34H30Cl2N4O4. The summed E-state index contributed by atoms with van der Waals surface area (Å²) in [6, 6.07) is 21.9. The quantitative estimate of drug-likeness (QED) is 0.164. The Labute approximate surface area is 265 Å². The minimum atomic E-state index is -0.264. The Morgan fingerprint density at radius 3 is 2.55 bits per heavy atom. The van der Waals surface area contributed by atoms with Crippen molar-refractivity contribution >= 4 is 52.0 Å². The van der Waals surface area contributed by atoms with Crippen molar-refractivity contribution in [3.63, 3.8) is 0 Å². The van der Waals surface area contributed by atoms with Gasteiger partial charge >= 0.3 is 0 Å². The Morgan fingerprint density at radius 1 is 1.00 bits per heavy atom. The van der Waals surface area contributed by atoms with Gasteiger partial charge in [0, 0.05) is 58.3 Å². The van der Waals surface area contributed by atoms with Crippen LogP contribution in [0.2, 0.25) is 10.0 Å². The number of halogens is 2. The average molecular weight is 630 g/mol. The van der Waals surface area contributed by atoms with Crippen molar-refractivity contribution < 1.29 is 19.1 Å². The molecule has 0 fully saturated rings. The van der Waals surface area contributed by atoms with Gasteiger partial charge in [0.05, 0.1) is 24.4 Å². The van der Waals surface area contributed by atoms with Gasteiger partial charge in [0.1, 0.15) is 23.6 Å². The van der Waals surface area contributed by atoms with Crippen LogP contribution < -0.4 is 20.1 Å². The molecule has 224 valence electrons. The number of aromatic nitrogens is 2. The summed E-state index contributed by atoms with van der Waals surface area (Å²) in [6.45, 7) is 2.28. The highest BCUT2D eigenvalue weighted by molar-refractivity contribution is 6.37. The molecule has 0 saturated heterocycles. The van der Waals surface area contributed by atoms with Crippen molar-refractivity contribution in [3.05, 3.63) is 123 Å². The van der Waals surface area contributed by atoms with Gasteiger partial charge in [-0.05, 0) is 67.1 Å². The van der Waals surface area contributed by atoms with Crippen LogP contribution in [0.25, 0.3) is 22.7 Å². The first-order chi connectivity index (χ1) is 21.3. The number of amides is 2. The Kier molecular flexibility index (Phi) is 9.53. The Balaban J connectivity index is 1.30. The van der Waals surface area contributed by atoms with Gasteiger partial charge in [-0.3, -0.25) is 9.59 Å². The maximum atomic E-state index is 12.6. The SMILES string of the molecule is CNC(=O)c1ccc(/C=C/C(=O)NCc2cccn2-c2ccc(Cl)c(COc3cccc4c(OC)cc(C)nc34)c2Cl)cc1. The van der Waals surface area contributed by atoms with Crippen LogP contribution in [0.4, 0.5) is 0 Å². The van der Waals surface area contributed by atoms with Gasteiger partial charge < -0.3 is 24.7 Å². The summed E-state index contributed by atoms with van der Waals surface area (Å²) in [6.07, 6.45) is 5.01. The molecule has 5 aromatic rings. The van der Waals surface area contributed by atoms with Crippen LogP contribution in [0.5, 0.6) is 11.5 Å². The minimum absolute atomic E-state index is 0.116. The molecule has 8 nitrogen and oxygen atoms in total. The number of rotatable bonds is 10. The molecule has 2 N–H and O–H groups in total. The van der Waals surface area contributed by atoms with Crippen LogP contribution in [0.3, 0.4) is 0 Å². The molecule has 0 saturated carbocycles. The van der Waals surface area contributed by atoms with Crippen molar-refractivity contribution in [1.82, 2.24) is 20.2 Å². The van der Waals surface area contributed by atoms with Crippen LogP contribution in [-0.4, -0.2) is 35.5 Å². The number of nitrogens with one attached hydrogen (secondary N) is 2. The van der Waals surface area contributed by atoms with Crippen molar-refractivity contribution in [1.29, 1.82) is 0 Å². The van der Waals surface area contributed by atoms with Gasteiger partial charge in [-0.1, -0.05) is 41.4 Å². The summed E-state index contributed by atoms with van der Waals surface area (Å²) in [4.78, 5) is 29.0. The highest BCUT2D eigenvalue weighted by atomic mass is 35.5. The lowest BCUT2D eigenvalue weighted by molar-refractivity contribution is -0.116.